The highest BCUT2D eigenvalue weighted by Crippen LogP contribution is 2.31. The lowest BCUT2D eigenvalue weighted by Gasteiger charge is -2.16. The van der Waals surface area contributed by atoms with Crippen molar-refractivity contribution < 1.29 is 13.2 Å². The molecule has 0 fully saturated rings. The number of hydrogen-bond acceptors (Lipinski definition) is 6. The van der Waals surface area contributed by atoms with Crippen molar-refractivity contribution in [3.63, 3.8) is 0 Å². The Balaban J connectivity index is 1.46. The molecule has 0 bridgehead atoms. The highest BCUT2D eigenvalue weighted by atomic mass is 32.2. The molecule has 29 heavy (non-hydrogen) atoms. The fourth-order valence-corrected chi connectivity index (χ4v) is 4.47. The van der Waals surface area contributed by atoms with Gasteiger partial charge in [0.15, 0.2) is 0 Å². The average Bonchev–Trinajstić information content (AvgIpc) is 3.32. The third-order valence-corrected chi connectivity index (χ3v) is 6.22. The van der Waals surface area contributed by atoms with E-state index in [9.17, 15) is 8.42 Å². The normalized spacial score (nSPS) is 13.8. The molecule has 4 aromatic rings. The van der Waals surface area contributed by atoms with Gasteiger partial charge in [-0.1, -0.05) is 12.1 Å². The lowest BCUT2D eigenvalue weighted by atomic mass is 10.2. The zero-order chi connectivity index (χ0) is 20.0. The second-order valence-electron chi connectivity index (χ2n) is 6.78. The fourth-order valence-electron chi connectivity index (χ4n) is 3.46. The molecule has 4 heterocycles. The predicted molar refractivity (Wildman–Crippen MR) is 107 cm³/mol. The van der Waals surface area contributed by atoms with Crippen LogP contribution in [0.15, 0.2) is 53.8 Å². The van der Waals surface area contributed by atoms with Crippen molar-refractivity contribution in [1.82, 2.24) is 24.5 Å². The van der Waals surface area contributed by atoms with E-state index in [0.717, 1.165) is 23.9 Å². The SMILES string of the molecule is Cn1ncc2cccc(NS(=O)(=O)c3ccc(-c4cnn5c4OCCC5)nc3)c21. The average molecular weight is 410 g/mol. The van der Waals surface area contributed by atoms with Crippen molar-refractivity contribution in [1.29, 1.82) is 0 Å². The highest BCUT2D eigenvalue weighted by Gasteiger charge is 2.21. The van der Waals surface area contributed by atoms with E-state index in [1.165, 1.54) is 12.3 Å². The van der Waals surface area contributed by atoms with Gasteiger partial charge in [0, 0.05) is 31.6 Å². The van der Waals surface area contributed by atoms with Crippen LogP contribution in [0, 0.1) is 0 Å². The van der Waals surface area contributed by atoms with Crippen LogP contribution < -0.4 is 9.46 Å². The molecule has 5 rings (SSSR count). The van der Waals surface area contributed by atoms with Crippen LogP contribution in [0.2, 0.25) is 0 Å². The maximum atomic E-state index is 12.9. The lowest BCUT2D eigenvalue weighted by molar-refractivity contribution is 0.231. The number of rotatable bonds is 4. The van der Waals surface area contributed by atoms with E-state index in [1.807, 2.05) is 6.07 Å². The molecule has 0 saturated heterocycles. The van der Waals surface area contributed by atoms with Crippen molar-refractivity contribution in [3.05, 3.63) is 48.9 Å². The Morgan fingerprint density at radius 1 is 1.10 bits per heavy atom. The Bertz CT molecular complexity index is 1310. The molecule has 0 saturated carbocycles. The summed E-state index contributed by atoms with van der Waals surface area (Å²) in [6.45, 7) is 1.43. The van der Waals surface area contributed by atoms with E-state index in [1.54, 1.807) is 47.0 Å². The van der Waals surface area contributed by atoms with Crippen LogP contribution in [0.5, 0.6) is 5.88 Å². The molecule has 0 radical (unpaired) electrons. The molecule has 1 N–H and O–H groups in total. The van der Waals surface area contributed by atoms with Gasteiger partial charge < -0.3 is 4.74 Å². The van der Waals surface area contributed by atoms with Gasteiger partial charge in [0.25, 0.3) is 10.0 Å². The predicted octanol–water partition coefficient (Wildman–Crippen LogP) is 2.42. The van der Waals surface area contributed by atoms with E-state index in [0.29, 0.717) is 29.4 Å². The van der Waals surface area contributed by atoms with Gasteiger partial charge in [-0.25, -0.2) is 13.1 Å². The van der Waals surface area contributed by atoms with Gasteiger partial charge in [0.1, 0.15) is 4.90 Å². The van der Waals surface area contributed by atoms with Crippen LogP contribution >= 0.6 is 0 Å². The first-order valence-electron chi connectivity index (χ1n) is 9.11. The molecule has 9 nitrogen and oxygen atoms in total. The van der Waals surface area contributed by atoms with Crippen molar-refractivity contribution in [2.24, 2.45) is 7.05 Å². The first kappa shape index (κ1) is 17.7. The van der Waals surface area contributed by atoms with Gasteiger partial charge in [-0.05, 0) is 18.2 Å². The molecule has 1 aromatic carbocycles. The lowest BCUT2D eigenvalue weighted by Crippen LogP contribution is -2.15. The summed E-state index contributed by atoms with van der Waals surface area (Å²) in [5, 5.41) is 9.34. The Morgan fingerprint density at radius 3 is 2.83 bits per heavy atom. The highest BCUT2D eigenvalue weighted by molar-refractivity contribution is 7.92. The van der Waals surface area contributed by atoms with E-state index in [-0.39, 0.29) is 4.90 Å². The number of anilines is 1. The number of fused-ring (bicyclic) bond motifs is 2. The van der Waals surface area contributed by atoms with E-state index in [4.69, 9.17) is 4.74 Å². The van der Waals surface area contributed by atoms with Gasteiger partial charge in [-0.15, -0.1) is 0 Å². The van der Waals surface area contributed by atoms with E-state index < -0.39 is 10.0 Å². The van der Waals surface area contributed by atoms with Crippen LogP contribution in [0.1, 0.15) is 6.42 Å². The molecule has 0 unspecified atom stereocenters. The summed E-state index contributed by atoms with van der Waals surface area (Å²) in [4.78, 5) is 4.41. The van der Waals surface area contributed by atoms with E-state index >= 15 is 0 Å². The number of hydrogen-bond donors (Lipinski definition) is 1. The zero-order valence-corrected chi connectivity index (χ0v) is 16.4. The summed E-state index contributed by atoms with van der Waals surface area (Å²) in [7, 11) is -2.04. The number of benzene rings is 1. The van der Waals surface area contributed by atoms with Crippen LogP contribution in [0.4, 0.5) is 5.69 Å². The van der Waals surface area contributed by atoms with Crippen LogP contribution in [0.25, 0.3) is 22.2 Å². The molecule has 148 valence electrons. The molecular formula is C19H18N6O3S. The topological polar surface area (TPSA) is 104 Å². The Hall–Kier alpha value is -3.40. The summed E-state index contributed by atoms with van der Waals surface area (Å²) in [6.07, 6.45) is 5.64. The third-order valence-electron chi connectivity index (χ3n) is 4.87. The van der Waals surface area contributed by atoms with Crippen molar-refractivity contribution in [3.8, 4) is 17.1 Å². The van der Waals surface area contributed by atoms with E-state index in [2.05, 4.69) is 19.9 Å². The number of nitrogens with zero attached hydrogens (tertiary/aromatic N) is 5. The molecule has 0 aliphatic carbocycles. The quantitative estimate of drug-likeness (QED) is 0.554. The van der Waals surface area contributed by atoms with Crippen molar-refractivity contribution in [2.75, 3.05) is 11.3 Å². The number of pyridine rings is 1. The first-order valence-corrected chi connectivity index (χ1v) is 10.6. The van der Waals surface area contributed by atoms with Crippen molar-refractivity contribution in [2.45, 2.75) is 17.9 Å². The summed E-state index contributed by atoms with van der Waals surface area (Å²) >= 11 is 0. The largest absolute Gasteiger partial charge is 0.477 e. The van der Waals surface area contributed by atoms with Gasteiger partial charge in [-0.2, -0.15) is 10.2 Å². The molecule has 0 amide bonds. The Labute approximate surface area is 167 Å². The number of ether oxygens (including phenoxy) is 1. The number of aryl methyl sites for hydroxylation is 2. The number of para-hydroxylation sites is 1. The second kappa shape index (κ2) is 6.59. The molecular weight excluding hydrogens is 392 g/mol. The van der Waals surface area contributed by atoms with Gasteiger partial charge in [0.2, 0.25) is 5.88 Å². The molecule has 3 aromatic heterocycles. The second-order valence-corrected chi connectivity index (χ2v) is 8.47. The van der Waals surface area contributed by atoms with Crippen molar-refractivity contribution >= 4 is 26.6 Å². The van der Waals surface area contributed by atoms with Crippen LogP contribution in [-0.4, -0.2) is 39.6 Å². The first-order chi connectivity index (χ1) is 14.0. The van der Waals surface area contributed by atoms with Crippen LogP contribution in [-0.2, 0) is 23.6 Å². The Morgan fingerprint density at radius 2 is 2.00 bits per heavy atom. The Kier molecular flexibility index (Phi) is 4.02. The minimum absolute atomic E-state index is 0.0716. The zero-order valence-electron chi connectivity index (χ0n) is 15.6. The monoisotopic (exact) mass is 410 g/mol. The molecule has 10 heteroatoms. The molecule has 0 spiro atoms. The molecule has 0 atom stereocenters. The fraction of sp³-hybridized carbons (Fsp3) is 0.211. The van der Waals surface area contributed by atoms with Gasteiger partial charge >= 0.3 is 0 Å². The third kappa shape index (κ3) is 3.01. The number of nitrogens with one attached hydrogen (secondary N) is 1. The maximum Gasteiger partial charge on any atom is 0.263 e. The smallest absolute Gasteiger partial charge is 0.263 e. The molecule has 1 aliphatic heterocycles. The number of aromatic nitrogens is 5. The summed E-state index contributed by atoms with van der Waals surface area (Å²) in [6, 6.07) is 8.56. The minimum Gasteiger partial charge on any atom is -0.477 e. The summed E-state index contributed by atoms with van der Waals surface area (Å²) < 4.78 is 37.5. The summed E-state index contributed by atoms with van der Waals surface area (Å²) in [5.41, 5.74) is 2.54. The van der Waals surface area contributed by atoms with Crippen LogP contribution in [0.3, 0.4) is 0 Å². The molecule has 1 aliphatic rings. The minimum atomic E-state index is -3.81. The standard InChI is InChI=1S/C19H18N6O3S/c1-24-18-13(10-21-24)4-2-5-17(18)23-29(26,27)14-6-7-16(20-11-14)15-12-22-25-8-3-9-28-19(15)25/h2,4-7,10-12,23H,3,8-9H2,1H3. The number of sulfonamides is 1. The summed E-state index contributed by atoms with van der Waals surface area (Å²) in [5.74, 6) is 0.667. The van der Waals surface area contributed by atoms with Gasteiger partial charge in [-0.3, -0.25) is 14.4 Å². The van der Waals surface area contributed by atoms with Gasteiger partial charge in [0.05, 0.1) is 41.5 Å². The maximum absolute atomic E-state index is 12.9.